The molecular weight excluding hydrogens is 434 g/mol. The van der Waals surface area contributed by atoms with Gasteiger partial charge >= 0.3 is 6.09 Å². The van der Waals surface area contributed by atoms with Gasteiger partial charge in [0.2, 0.25) is 0 Å². The van der Waals surface area contributed by atoms with Crippen LogP contribution in [0.2, 0.25) is 0 Å². The lowest BCUT2D eigenvalue weighted by molar-refractivity contribution is 0.191. The van der Waals surface area contributed by atoms with Gasteiger partial charge in [0.15, 0.2) is 17.0 Å². The summed E-state index contributed by atoms with van der Waals surface area (Å²) in [5, 5.41) is 17.5. The van der Waals surface area contributed by atoms with Gasteiger partial charge in [0.05, 0.1) is 17.0 Å². The van der Waals surface area contributed by atoms with Gasteiger partial charge in [-0.3, -0.25) is 0 Å². The SMILES string of the molecule is CCn1c(-c2cnc(C)nc2)nc2c(NC3CCc4c(c(C(C)C)nn4C(=O)O)C3)ncnc21. The van der Waals surface area contributed by atoms with Gasteiger partial charge in [-0.1, -0.05) is 13.8 Å². The number of aromatic nitrogens is 8. The van der Waals surface area contributed by atoms with E-state index in [0.29, 0.717) is 36.5 Å². The van der Waals surface area contributed by atoms with Crippen molar-refractivity contribution in [1.29, 1.82) is 0 Å². The molecule has 176 valence electrons. The molecule has 4 heterocycles. The van der Waals surface area contributed by atoms with Crippen LogP contribution >= 0.6 is 0 Å². The number of fused-ring (bicyclic) bond motifs is 2. The van der Waals surface area contributed by atoms with Gasteiger partial charge in [-0.15, -0.1) is 0 Å². The maximum Gasteiger partial charge on any atom is 0.432 e. The zero-order chi connectivity index (χ0) is 24.0. The Bertz CT molecular complexity index is 1370. The number of hydrogen-bond acceptors (Lipinski definition) is 8. The average Bonchev–Trinajstić information content (AvgIpc) is 3.39. The molecule has 11 heteroatoms. The third-order valence-electron chi connectivity index (χ3n) is 6.26. The molecule has 0 spiro atoms. The summed E-state index contributed by atoms with van der Waals surface area (Å²) in [6, 6.07) is 0.0764. The van der Waals surface area contributed by atoms with Crippen LogP contribution in [0.15, 0.2) is 18.7 Å². The molecule has 1 atom stereocenters. The Morgan fingerprint density at radius 1 is 1.24 bits per heavy atom. The van der Waals surface area contributed by atoms with Crippen molar-refractivity contribution in [2.45, 2.75) is 65.5 Å². The van der Waals surface area contributed by atoms with E-state index in [1.807, 2.05) is 32.3 Å². The van der Waals surface area contributed by atoms with Crippen LogP contribution in [0.5, 0.6) is 0 Å². The highest BCUT2D eigenvalue weighted by Crippen LogP contribution is 2.32. The minimum Gasteiger partial charge on any atom is -0.463 e. The zero-order valence-electron chi connectivity index (χ0n) is 19.6. The summed E-state index contributed by atoms with van der Waals surface area (Å²) in [6.45, 7) is 8.65. The van der Waals surface area contributed by atoms with E-state index in [-0.39, 0.29) is 12.0 Å². The van der Waals surface area contributed by atoms with E-state index in [1.165, 1.54) is 0 Å². The highest BCUT2D eigenvalue weighted by Gasteiger charge is 2.30. The molecule has 0 radical (unpaired) electrons. The van der Waals surface area contributed by atoms with Crippen molar-refractivity contribution in [3.05, 3.63) is 41.5 Å². The Kier molecular flexibility index (Phi) is 5.46. The van der Waals surface area contributed by atoms with Gasteiger partial charge < -0.3 is 15.0 Å². The van der Waals surface area contributed by atoms with E-state index < -0.39 is 6.09 Å². The standard InChI is InChI=1S/C23H27N9O2/c1-5-31-21(14-9-24-13(4)25-10-14)29-19-20(26-11-27-22(19)31)28-15-6-7-17-16(8-15)18(12(2)3)30-32(17)23(33)34/h9-12,15H,5-8H2,1-4H3,(H,33,34)(H,26,27,28). The number of nitrogens with one attached hydrogen (secondary N) is 1. The molecule has 0 aromatic carbocycles. The fourth-order valence-electron chi connectivity index (χ4n) is 4.65. The predicted molar refractivity (Wildman–Crippen MR) is 126 cm³/mol. The lowest BCUT2D eigenvalue weighted by Crippen LogP contribution is -2.29. The maximum absolute atomic E-state index is 11.7. The fraction of sp³-hybridized carbons (Fsp3) is 0.435. The summed E-state index contributed by atoms with van der Waals surface area (Å²) in [4.78, 5) is 34.2. The van der Waals surface area contributed by atoms with E-state index in [0.717, 1.165) is 45.1 Å². The van der Waals surface area contributed by atoms with Crippen molar-refractivity contribution in [1.82, 2.24) is 39.3 Å². The van der Waals surface area contributed by atoms with Crippen LogP contribution in [0.1, 0.15) is 55.9 Å². The molecule has 0 aliphatic heterocycles. The predicted octanol–water partition coefficient (Wildman–Crippen LogP) is 3.43. The van der Waals surface area contributed by atoms with Crippen molar-refractivity contribution in [3.8, 4) is 11.4 Å². The van der Waals surface area contributed by atoms with Gasteiger partial charge in [0, 0.05) is 25.0 Å². The smallest absolute Gasteiger partial charge is 0.432 e. The van der Waals surface area contributed by atoms with Crippen LogP contribution in [0, 0.1) is 6.92 Å². The Morgan fingerprint density at radius 2 is 2.00 bits per heavy atom. The number of carbonyl (C=O) groups is 1. The zero-order valence-corrected chi connectivity index (χ0v) is 19.6. The molecule has 0 amide bonds. The molecule has 4 aromatic rings. The minimum absolute atomic E-state index is 0.0764. The number of carboxylic acid groups (broad SMARTS) is 1. The Morgan fingerprint density at radius 3 is 2.68 bits per heavy atom. The molecule has 11 nitrogen and oxygen atoms in total. The Hall–Kier alpha value is -3.89. The monoisotopic (exact) mass is 461 g/mol. The second-order valence-corrected chi connectivity index (χ2v) is 8.84. The van der Waals surface area contributed by atoms with Crippen LogP contribution in [-0.4, -0.2) is 56.5 Å². The number of rotatable bonds is 5. The largest absolute Gasteiger partial charge is 0.463 e. The third kappa shape index (κ3) is 3.66. The number of anilines is 1. The van der Waals surface area contributed by atoms with Crippen LogP contribution in [-0.2, 0) is 19.4 Å². The van der Waals surface area contributed by atoms with E-state index >= 15 is 0 Å². The van der Waals surface area contributed by atoms with Gasteiger partial charge in [0.1, 0.15) is 18.0 Å². The van der Waals surface area contributed by atoms with E-state index in [9.17, 15) is 9.90 Å². The third-order valence-corrected chi connectivity index (χ3v) is 6.26. The second-order valence-electron chi connectivity index (χ2n) is 8.84. The van der Waals surface area contributed by atoms with Crippen LogP contribution < -0.4 is 5.32 Å². The second kappa shape index (κ2) is 8.47. The van der Waals surface area contributed by atoms with Gasteiger partial charge in [0.25, 0.3) is 0 Å². The van der Waals surface area contributed by atoms with Gasteiger partial charge in [-0.25, -0.2) is 29.7 Å². The highest BCUT2D eigenvalue weighted by atomic mass is 16.4. The Labute approximate surface area is 196 Å². The van der Waals surface area contributed by atoms with Crippen molar-refractivity contribution in [2.24, 2.45) is 0 Å². The lowest BCUT2D eigenvalue weighted by atomic mass is 9.89. The summed E-state index contributed by atoms with van der Waals surface area (Å²) in [5.41, 5.74) is 4.90. The number of nitrogens with zero attached hydrogens (tertiary/aromatic N) is 8. The summed E-state index contributed by atoms with van der Waals surface area (Å²) in [6.07, 6.45) is 6.12. The molecule has 0 saturated carbocycles. The highest BCUT2D eigenvalue weighted by molar-refractivity contribution is 5.86. The van der Waals surface area contributed by atoms with Crippen molar-refractivity contribution >= 4 is 23.1 Å². The molecule has 4 aromatic heterocycles. The summed E-state index contributed by atoms with van der Waals surface area (Å²) >= 11 is 0. The van der Waals surface area contributed by atoms with E-state index in [4.69, 9.17) is 4.98 Å². The van der Waals surface area contributed by atoms with Gasteiger partial charge in [-0.05, 0) is 44.6 Å². The first-order valence-electron chi connectivity index (χ1n) is 11.5. The number of imidazole rings is 1. The average molecular weight is 462 g/mol. The summed E-state index contributed by atoms with van der Waals surface area (Å²) in [5.74, 6) is 2.25. The van der Waals surface area contributed by atoms with Crippen LogP contribution in [0.25, 0.3) is 22.6 Å². The van der Waals surface area contributed by atoms with E-state index in [2.05, 4.69) is 30.4 Å². The minimum atomic E-state index is -1.04. The number of aryl methyl sites for hydroxylation is 2. The fourth-order valence-corrected chi connectivity index (χ4v) is 4.65. The molecule has 2 N–H and O–H groups in total. The molecule has 1 aliphatic carbocycles. The normalized spacial score (nSPS) is 15.6. The van der Waals surface area contributed by atoms with Crippen molar-refractivity contribution in [2.75, 3.05) is 5.32 Å². The Balaban J connectivity index is 1.50. The molecule has 1 unspecified atom stereocenters. The first-order valence-corrected chi connectivity index (χ1v) is 11.5. The molecule has 0 saturated heterocycles. The topological polar surface area (TPSA) is 137 Å². The molecule has 0 fully saturated rings. The van der Waals surface area contributed by atoms with Crippen molar-refractivity contribution < 1.29 is 9.90 Å². The summed E-state index contributed by atoms with van der Waals surface area (Å²) in [7, 11) is 0. The van der Waals surface area contributed by atoms with Crippen LogP contribution in [0.3, 0.4) is 0 Å². The van der Waals surface area contributed by atoms with Crippen LogP contribution in [0.4, 0.5) is 10.6 Å². The number of hydrogen-bond donors (Lipinski definition) is 2. The molecular formula is C23H27N9O2. The van der Waals surface area contributed by atoms with Gasteiger partial charge in [-0.2, -0.15) is 9.78 Å². The summed E-state index contributed by atoms with van der Waals surface area (Å²) < 4.78 is 3.17. The molecule has 34 heavy (non-hydrogen) atoms. The quantitative estimate of drug-likeness (QED) is 0.458. The first-order chi connectivity index (χ1) is 16.4. The molecule has 0 bridgehead atoms. The molecule has 1 aliphatic rings. The first kappa shape index (κ1) is 21.9. The van der Waals surface area contributed by atoms with E-state index in [1.54, 1.807) is 18.7 Å². The maximum atomic E-state index is 11.7. The lowest BCUT2D eigenvalue weighted by Gasteiger charge is -2.25. The molecule has 5 rings (SSSR count). The van der Waals surface area contributed by atoms with Crippen molar-refractivity contribution in [3.63, 3.8) is 0 Å².